The number of piperidine rings is 1. The van der Waals surface area contributed by atoms with E-state index in [0.29, 0.717) is 18.8 Å². The minimum atomic E-state index is -1.07. The van der Waals surface area contributed by atoms with Crippen molar-refractivity contribution >= 4 is 11.9 Å². The molecular formula is C15H26N2O3. The molecule has 20 heavy (non-hydrogen) atoms. The number of carboxylic acids is 1. The summed E-state index contributed by atoms with van der Waals surface area (Å²) in [6, 6.07) is 0. The molecule has 2 fully saturated rings. The summed E-state index contributed by atoms with van der Waals surface area (Å²) in [6.45, 7) is 4.76. The second-order valence-electron chi connectivity index (χ2n) is 6.76. The van der Waals surface area contributed by atoms with Gasteiger partial charge in [-0.05, 0) is 51.5 Å². The molecule has 0 aromatic carbocycles. The summed E-state index contributed by atoms with van der Waals surface area (Å²) in [5.74, 6) is -0.710. The number of carboxylic acid groups (broad SMARTS) is 1. The highest BCUT2D eigenvalue weighted by Crippen LogP contribution is 2.33. The molecule has 3 unspecified atom stereocenters. The summed E-state index contributed by atoms with van der Waals surface area (Å²) in [5, 5.41) is 15.7. The van der Waals surface area contributed by atoms with Crippen LogP contribution in [-0.2, 0) is 9.59 Å². The molecule has 1 aliphatic heterocycles. The van der Waals surface area contributed by atoms with Crippen LogP contribution in [0.15, 0.2) is 0 Å². The van der Waals surface area contributed by atoms with E-state index in [0.717, 1.165) is 38.6 Å². The van der Waals surface area contributed by atoms with E-state index in [4.69, 9.17) is 0 Å². The third kappa shape index (κ3) is 2.97. The number of aliphatic carboxylic acids is 1. The van der Waals surface area contributed by atoms with Gasteiger partial charge in [-0.3, -0.25) is 4.79 Å². The Hall–Kier alpha value is -1.10. The fraction of sp³-hybridized carbons (Fsp3) is 0.867. The summed E-state index contributed by atoms with van der Waals surface area (Å²) < 4.78 is 0. The number of rotatable bonds is 3. The maximum absolute atomic E-state index is 12.6. The predicted molar refractivity (Wildman–Crippen MR) is 76.4 cm³/mol. The van der Waals surface area contributed by atoms with Gasteiger partial charge in [0.1, 0.15) is 5.54 Å². The van der Waals surface area contributed by atoms with Crippen LogP contribution in [0, 0.1) is 5.92 Å². The molecule has 5 nitrogen and oxygen atoms in total. The van der Waals surface area contributed by atoms with E-state index in [1.807, 2.05) is 6.92 Å². The van der Waals surface area contributed by atoms with Crippen molar-refractivity contribution in [1.29, 1.82) is 0 Å². The van der Waals surface area contributed by atoms with Crippen molar-refractivity contribution in [2.75, 3.05) is 6.54 Å². The first-order valence-corrected chi connectivity index (χ1v) is 7.69. The van der Waals surface area contributed by atoms with Crippen molar-refractivity contribution in [1.82, 2.24) is 10.6 Å². The molecule has 114 valence electrons. The smallest absolute Gasteiger partial charge is 0.329 e. The number of nitrogens with one attached hydrogen (secondary N) is 2. The average Bonchev–Trinajstić information content (AvgIpc) is 2.39. The van der Waals surface area contributed by atoms with E-state index in [1.54, 1.807) is 0 Å². The van der Waals surface area contributed by atoms with Gasteiger partial charge in [0.15, 0.2) is 0 Å². The lowest BCUT2D eigenvalue weighted by Gasteiger charge is -2.41. The fourth-order valence-electron chi connectivity index (χ4n) is 3.52. The van der Waals surface area contributed by atoms with Crippen LogP contribution < -0.4 is 10.6 Å². The van der Waals surface area contributed by atoms with Crippen molar-refractivity contribution in [2.45, 2.75) is 69.9 Å². The largest absolute Gasteiger partial charge is 0.480 e. The maximum atomic E-state index is 12.6. The Morgan fingerprint density at radius 1 is 1.25 bits per heavy atom. The summed E-state index contributed by atoms with van der Waals surface area (Å²) in [4.78, 5) is 24.3. The third-order valence-electron chi connectivity index (χ3n) is 4.88. The quantitative estimate of drug-likeness (QED) is 0.736. The molecule has 3 N–H and O–H groups in total. The number of carbonyl (C=O) groups excluding carboxylic acids is 1. The topological polar surface area (TPSA) is 78.4 Å². The number of hydrogen-bond acceptors (Lipinski definition) is 3. The molecule has 1 amide bonds. The summed E-state index contributed by atoms with van der Waals surface area (Å²) in [7, 11) is 0. The zero-order valence-corrected chi connectivity index (χ0v) is 12.5. The minimum absolute atomic E-state index is 0.159. The van der Waals surface area contributed by atoms with Crippen LogP contribution in [0.3, 0.4) is 0 Å². The second kappa shape index (κ2) is 5.72. The van der Waals surface area contributed by atoms with Crippen LogP contribution in [0.5, 0.6) is 0 Å². The average molecular weight is 282 g/mol. The summed E-state index contributed by atoms with van der Waals surface area (Å²) in [5.41, 5.74) is -1.70. The summed E-state index contributed by atoms with van der Waals surface area (Å²) in [6.07, 6.45) is 5.82. The first kappa shape index (κ1) is 15.3. The summed E-state index contributed by atoms with van der Waals surface area (Å²) >= 11 is 0. The van der Waals surface area contributed by atoms with Crippen LogP contribution >= 0.6 is 0 Å². The molecule has 0 aromatic heterocycles. The van der Waals surface area contributed by atoms with Crippen LogP contribution in [0.4, 0.5) is 0 Å². The normalized spacial score (nSPS) is 38.2. The van der Waals surface area contributed by atoms with Gasteiger partial charge in [0.2, 0.25) is 5.91 Å². The molecule has 1 saturated carbocycles. The van der Waals surface area contributed by atoms with Crippen molar-refractivity contribution in [3.63, 3.8) is 0 Å². The van der Waals surface area contributed by atoms with Gasteiger partial charge in [-0.25, -0.2) is 4.79 Å². The van der Waals surface area contributed by atoms with Crippen molar-refractivity contribution in [3.8, 4) is 0 Å². The molecule has 0 aromatic rings. The Balaban J connectivity index is 2.11. The molecule has 0 radical (unpaired) electrons. The van der Waals surface area contributed by atoms with Gasteiger partial charge in [0.05, 0.1) is 5.54 Å². The van der Waals surface area contributed by atoms with E-state index >= 15 is 0 Å². The molecule has 1 heterocycles. The fourth-order valence-corrected chi connectivity index (χ4v) is 3.52. The van der Waals surface area contributed by atoms with Gasteiger partial charge < -0.3 is 15.7 Å². The highest BCUT2D eigenvalue weighted by molar-refractivity contribution is 5.92. The zero-order chi connectivity index (χ0) is 14.8. The molecular weight excluding hydrogens is 256 g/mol. The van der Waals surface area contributed by atoms with E-state index in [-0.39, 0.29) is 5.91 Å². The predicted octanol–water partition coefficient (Wildman–Crippen LogP) is 1.67. The first-order valence-electron chi connectivity index (χ1n) is 7.69. The lowest BCUT2D eigenvalue weighted by atomic mass is 9.75. The zero-order valence-electron chi connectivity index (χ0n) is 12.5. The highest BCUT2D eigenvalue weighted by Gasteiger charge is 2.46. The molecule has 1 saturated heterocycles. The van der Waals surface area contributed by atoms with Crippen molar-refractivity contribution in [3.05, 3.63) is 0 Å². The SMILES string of the molecule is CC1CCCC(NC(=O)C2(C)CCCCN2)(C(=O)O)C1. The van der Waals surface area contributed by atoms with Crippen LogP contribution in [-0.4, -0.2) is 34.6 Å². The van der Waals surface area contributed by atoms with Crippen LogP contribution in [0.25, 0.3) is 0 Å². The third-order valence-corrected chi connectivity index (χ3v) is 4.88. The molecule has 1 aliphatic carbocycles. The Bertz CT molecular complexity index is 391. The second-order valence-corrected chi connectivity index (χ2v) is 6.76. The molecule has 2 aliphatic rings. The highest BCUT2D eigenvalue weighted by atomic mass is 16.4. The maximum Gasteiger partial charge on any atom is 0.329 e. The van der Waals surface area contributed by atoms with Crippen LogP contribution in [0.1, 0.15) is 58.8 Å². The number of hydrogen-bond donors (Lipinski definition) is 3. The molecule has 5 heteroatoms. The number of amides is 1. The van der Waals surface area contributed by atoms with Gasteiger partial charge in [0, 0.05) is 0 Å². The Kier molecular flexibility index (Phi) is 4.37. The Labute approximate surface area is 120 Å². The van der Waals surface area contributed by atoms with Gasteiger partial charge in [-0.1, -0.05) is 19.8 Å². The van der Waals surface area contributed by atoms with E-state index in [9.17, 15) is 14.7 Å². The van der Waals surface area contributed by atoms with E-state index in [1.165, 1.54) is 0 Å². The lowest BCUT2D eigenvalue weighted by Crippen LogP contribution is -2.65. The lowest BCUT2D eigenvalue weighted by molar-refractivity contribution is -0.151. The molecule has 3 atom stereocenters. The van der Waals surface area contributed by atoms with E-state index < -0.39 is 17.0 Å². The van der Waals surface area contributed by atoms with Crippen LogP contribution in [0.2, 0.25) is 0 Å². The molecule has 2 rings (SSSR count). The van der Waals surface area contributed by atoms with Crippen molar-refractivity contribution < 1.29 is 14.7 Å². The Morgan fingerprint density at radius 2 is 2.00 bits per heavy atom. The van der Waals surface area contributed by atoms with Gasteiger partial charge >= 0.3 is 5.97 Å². The number of carbonyl (C=O) groups is 2. The monoisotopic (exact) mass is 282 g/mol. The first-order chi connectivity index (χ1) is 9.38. The Morgan fingerprint density at radius 3 is 2.55 bits per heavy atom. The van der Waals surface area contributed by atoms with E-state index in [2.05, 4.69) is 17.6 Å². The van der Waals surface area contributed by atoms with Gasteiger partial charge in [0.25, 0.3) is 0 Å². The molecule has 0 spiro atoms. The van der Waals surface area contributed by atoms with Gasteiger partial charge in [-0.15, -0.1) is 0 Å². The molecule has 0 bridgehead atoms. The minimum Gasteiger partial charge on any atom is -0.480 e. The van der Waals surface area contributed by atoms with Crippen molar-refractivity contribution in [2.24, 2.45) is 5.92 Å². The standard InChI is InChI=1S/C15H26N2O3/c1-11-6-5-8-15(10-11,13(19)20)17-12(18)14(2)7-3-4-9-16-14/h11,16H,3-10H2,1-2H3,(H,17,18)(H,19,20). The van der Waals surface area contributed by atoms with Gasteiger partial charge in [-0.2, -0.15) is 0 Å².